The minimum Gasteiger partial charge on any atom is -0.486 e. The maximum absolute atomic E-state index is 12.4. The van der Waals surface area contributed by atoms with E-state index in [-0.39, 0.29) is 18.9 Å². The maximum atomic E-state index is 12.4. The molecular formula is C20H18ClN3O5. The van der Waals surface area contributed by atoms with Crippen molar-refractivity contribution in [1.29, 1.82) is 0 Å². The third-order valence-electron chi connectivity index (χ3n) is 4.72. The summed E-state index contributed by atoms with van der Waals surface area (Å²) in [6.07, 6.45) is 0.0489. The molecule has 0 saturated carbocycles. The highest BCUT2D eigenvalue weighted by molar-refractivity contribution is 6.31. The number of amides is 3. The second kappa shape index (κ2) is 8.00. The molecule has 0 spiro atoms. The van der Waals surface area contributed by atoms with Gasteiger partial charge in [-0.05, 0) is 30.3 Å². The highest BCUT2D eigenvalue weighted by Gasteiger charge is 2.35. The quantitative estimate of drug-likeness (QED) is 0.746. The number of anilines is 1. The largest absolute Gasteiger partial charge is 0.486 e. The molecule has 2 N–H and O–H groups in total. The van der Waals surface area contributed by atoms with E-state index in [1.165, 1.54) is 11.0 Å². The fraction of sp³-hybridized carbons (Fsp3) is 0.250. The summed E-state index contributed by atoms with van der Waals surface area (Å²) in [6.45, 7) is 1.14. The average Bonchev–Trinajstić information content (AvgIpc) is 3.13. The van der Waals surface area contributed by atoms with Crippen LogP contribution in [0.5, 0.6) is 11.5 Å². The Morgan fingerprint density at radius 3 is 2.62 bits per heavy atom. The van der Waals surface area contributed by atoms with E-state index in [9.17, 15) is 14.4 Å². The summed E-state index contributed by atoms with van der Waals surface area (Å²) in [5.41, 5.74) is 5.68. The Morgan fingerprint density at radius 1 is 1.03 bits per heavy atom. The van der Waals surface area contributed by atoms with Gasteiger partial charge in [0.1, 0.15) is 13.2 Å². The van der Waals surface area contributed by atoms with Crippen LogP contribution in [-0.2, 0) is 9.59 Å². The maximum Gasteiger partial charge on any atom is 0.269 e. The summed E-state index contributed by atoms with van der Waals surface area (Å²) in [7, 11) is 0. The lowest BCUT2D eigenvalue weighted by Gasteiger charge is -2.22. The third kappa shape index (κ3) is 4.12. The molecule has 2 aliphatic heterocycles. The van der Waals surface area contributed by atoms with Gasteiger partial charge in [0.05, 0.1) is 5.92 Å². The molecule has 8 nitrogen and oxygen atoms in total. The Morgan fingerprint density at radius 2 is 1.83 bits per heavy atom. The molecule has 150 valence electrons. The van der Waals surface area contributed by atoms with Gasteiger partial charge < -0.3 is 14.4 Å². The van der Waals surface area contributed by atoms with Crippen molar-refractivity contribution in [3.63, 3.8) is 0 Å². The number of hydrogen-bond acceptors (Lipinski definition) is 5. The van der Waals surface area contributed by atoms with Gasteiger partial charge in [-0.15, -0.1) is 0 Å². The first-order valence-corrected chi connectivity index (χ1v) is 9.45. The first-order chi connectivity index (χ1) is 14.0. The van der Waals surface area contributed by atoms with Gasteiger partial charge in [0.15, 0.2) is 11.5 Å². The number of carbonyl (C=O) groups is 3. The highest BCUT2D eigenvalue weighted by Crippen LogP contribution is 2.35. The van der Waals surface area contributed by atoms with Crippen LogP contribution in [0.4, 0.5) is 5.69 Å². The van der Waals surface area contributed by atoms with E-state index in [4.69, 9.17) is 21.1 Å². The van der Waals surface area contributed by atoms with Crippen LogP contribution in [0.3, 0.4) is 0 Å². The number of benzene rings is 2. The molecule has 9 heteroatoms. The summed E-state index contributed by atoms with van der Waals surface area (Å²) in [5, 5.41) is 0.417. The second-order valence-corrected chi connectivity index (χ2v) is 7.12. The number of halogens is 1. The molecule has 29 heavy (non-hydrogen) atoms. The van der Waals surface area contributed by atoms with Crippen LogP contribution in [0.25, 0.3) is 0 Å². The number of ether oxygens (including phenoxy) is 2. The van der Waals surface area contributed by atoms with Crippen molar-refractivity contribution >= 4 is 35.0 Å². The minimum absolute atomic E-state index is 0.0489. The molecule has 1 unspecified atom stereocenters. The zero-order chi connectivity index (χ0) is 20.4. The summed E-state index contributed by atoms with van der Waals surface area (Å²) in [5.74, 6) is -0.492. The molecule has 0 aliphatic carbocycles. The predicted octanol–water partition coefficient (Wildman–Crippen LogP) is 1.93. The molecule has 0 radical (unpaired) electrons. The van der Waals surface area contributed by atoms with E-state index < -0.39 is 17.7 Å². The number of rotatable bonds is 3. The predicted molar refractivity (Wildman–Crippen MR) is 105 cm³/mol. The number of nitrogens with zero attached hydrogens (tertiary/aromatic N) is 1. The fourth-order valence-electron chi connectivity index (χ4n) is 3.25. The Labute approximate surface area is 171 Å². The molecule has 2 aliphatic rings. The number of carbonyl (C=O) groups excluding carboxylic acids is 3. The number of hydrogen-bond donors (Lipinski definition) is 2. The van der Waals surface area contributed by atoms with Crippen molar-refractivity contribution < 1.29 is 23.9 Å². The standard InChI is InChI=1S/C20H18ClN3O5/c21-14-3-1-2-12(8-14)19(26)22-23-20(27)13-9-18(25)24(11-13)15-4-5-16-17(10-15)29-7-6-28-16/h1-5,8,10,13H,6-7,9,11H2,(H,22,26)(H,23,27). The van der Waals surface area contributed by atoms with E-state index in [2.05, 4.69) is 10.9 Å². The van der Waals surface area contributed by atoms with Crippen LogP contribution < -0.4 is 25.2 Å². The van der Waals surface area contributed by atoms with Gasteiger partial charge in [-0.3, -0.25) is 25.2 Å². The van der Waals surface area contributed by atoms with Gasteiger partial charge >= 0.3 is 0 Å². The molecule has 0 aromatic heterocycles. The Hall–Kier alpha value is -3.26. The number of nitrogens with one attached hydrogen (secondary N) is 2. The molecule has 1 fully saturated rings. The molecule has 3 amide bonds. The average molecular weight is 416 g/mol. The monoisotopic (exact) mass is 415 g/mol. The smallest absolute Gasteiger partial charge is 0.269 e. The Bertz CT molecular complexity index is 980. The van der Waals surface area contributed by atoms with Gasteiger partial charge in [0.2, 0.25) is 11.8 Å². The van der Waals surface area contributed by atoms with Crippen LogP contribution in [-0.4, -0.2) is 37.5 Å². The van der Waals surface area contributed by atoms with E-state index in [1.54, 1.807) is 36.4 Å². The van der Waals surface area contributed by atoms with Crippen molar-refractivity contribution in [2.75, 3.05) is 24.7 Å². The van der Waals surface area contributed by atoms with Gasteiger partial charge in [-0.1, -0.05) is 17.7 Å². The van der Waals surface area contributed by atoms with Gasteiger partial charge in [-0.2, -0.15) is 0 Å². The lowest BCUT2D eigenvalue weighted by atomic mass is 10.1. The topological polar surface area (TPSA) is 97.0 Å². The van der Waals surface area contributed by atoms with Crippen molar-refractivity contribution in [1.82, 2.24) is 10.9 Å². The van der Waals surface area contributed by atoms with E-state index >= 15 is 0 Å². The first-order valence-electron chi connectivity index (χ1n) is 9.07. The molecule has 0 bridgehead atoms. The number of fused-ring (bicyclic) bond motifs is 1. The second-order valence-electron chi connectivity index (χ2n) is 6.69. The van der Waals surface area contributed by atoms with Crippen LogP contribution in [0.2, 0.25) is 5.02 Å². The van der Waals surface area contributed by atoms with E-state index in [0.717, 1.165) is 0 Å². The van der Waals surface area contributed by atoms with E-state index in [0.29, 0.717) is 41.0 Å². The minimum atomic E-state index is -0.588. The SMILES string of the molecule is O=C(NNC(=O)C1CC(=O)N(c2ccc3c(c2)OCCO3)C1)c1cccc(Cl)c1. The van der Waals surface area contributed by atoms with Crippen molar-refractivity contribution in [3.05, 3.63) is 53.1 Å². The highest BCUT2D eigenvalue weighted by atomic mass is 35.5. The molecule has 4 rings (SSSR count). The van der Waals surface area contributed by atoms with Crippen LogP contribution in [0.15, 0.2) is 42.5 Å². The Kier molecular flexibility index (Phi) is 5.26. The lowest BCUT2D eigenvalue weighted by Crippen LogP contribution is -2.45. The zero-order valence-electron chi connectivity index (χ0n) is 15.3. The summed E-state index contributed by atoms with van der Waals surface area (Å²) in [6, 6.07) is 11.6. The van der Waals surface area contributed by atoms with Crippen LogP contribution in [0, 0.1) is 5.92 Å². The Balaban J connectivity index is 1.37. The van der Waals surface area contributed by atoms with E-state index in [1.807, 2.05) is 0 Å². The van der Waals surface area contributed by atoms with Crippen LogP contribution in [0.1, 0.15) is 16.8 Å². The molecule has 2 aromatic carbocycles. The summed E-state index contributed by atoms with van der Waals surface area (Å²) in [4.78, 5) is 38.5. The van der Waals surface area contributed by atoms with Crippen molar-refractivity contribution in [2.45, 2.75) is 6.42 Å². The van der Waals surface area contributed by atoms with Crippen molar-refractivity contribution in [3.8, 4) is 11.5 Å². The van der Waals surface area contributed by atoms with Gasteiger partial charge in [0.25, 0.3) is 5.91 Å². The fourth-order valence-corrected chi connectivity index (χ4v) is 3.45. The van der Waals surface area contributed by atoms with Gasteiger partial charge in [-0.25, -0.2) is 0 Å². The molecule has 2 aromatic rings. The molecule has 1 atom stereocenters. The summed E-state index contributed by atoms with van der Waals surface area (Å²) >= 11 is 5.86. The molecule has 1 saturated heterocycles. The third-order valence-corrected chi connectivity index (χ3v) is 4.95. The van der Waals surface area contributed by atoms with Gasteiger partial charge in [0, 0.05) is 35.3 Å². The molecule has 2 heterocycles. The zero-order valence-corrected chi connectivity index (χ0v) is 16.1. The summed E-state index contributed by atoms with van der Waals surface area (Å²) < 4.78 is 11.0. The first kappa shape index (κ1) is 19.1. The number of hydrazine groups is 1. The lowest BCUT2D eigenvalue weighted by molar-refractivity contribution is -0.126. The molecular weight excluding hydrogens is 398 g/mol. The van der Waals surface area contributed by atoms with Crippen LogP contribution >= 0.6 is 11.6 Å². The van der Waals surface area contributed by atoms with Crippen molar-refractivity contribution in [2.24, 2.45) is 5.92 Å². The normalized spacial score (nSPS) is 17.8.